The summed E-state index contributed by atoms with van der Waals surface area (Å²) in [6.45, 7) is 6.55. The molecule has 4 heteroatoms. The van der Waals surface area contributed by atoms with E-state index >= 15 is 0 Å². The molecule has 0 fully saturated rings. The highest BCUT2D eigenvalue weighted by Crippen LogP contribution is 2.34. The van der Waals surface area contributed by atoms with Gasteiger partial charge in [-0.2, -0.15) is 0 Å². The van der Waals surface area contributed by atoms with Crippen LogP contribution in [0, 0.1) is 5.92 Å². The third-order valence-corrected chi connectivity index (χ3v) is 4.16. The summed E-state index contributed by atoms with van der Waals surface area (Å²) in [5.41, 5.74) is 3.03. The first-order valence-corrected chi connectivity index (χ1v) is 8.32. The average Bonchev–Trinajstić information content (AvgIpc) is 3.02. The van der Waals surface area contributed by atoms with Gasteiger partial charge in [0.15, 0.2) is 11.5 Å². The van der Waals surface area contributed by atoms with Gasteiger partial charge in [-0.15, -0.1) is 0 Å². The number of fused-ring (bicyclic) bond motifs is 1. The number of anilines is 1. The van der Waals surface area contributed by atoms with E-state index in [1.54, 1.807) is 6.07 Å². The van der Waals surface area contributed by atoms with E-state index in [9.17, 15) is 4.79 Å². The number of rotatable bonds is 5. The Balaban J connectivity index is 1.66. The van der Waals surface area contributed by atoms with Gasteiger partial charge in [0.25, 0.3) is 0 Å². The standard InChI is InChI=1S/C20H23NO3/c1-13(2)10-15-4-6-16(7-5-15)14(3)20(22)21-17-8-9-18-19(11-17)24-12-23-18/h4-9,11,13-14H,10,12H2,1-3H3,(H,21,22). The zero-order valence-corrected chi connectivity index (χ0v) is 14.3. The van der Waals surface area contributed by atoms with Crippen LogP contribution in [0.4, 0.5) is 5.69 Å². The molecule has 1 N–H and O–H groups in total. The summed E-state index contributed by atoms with van der Waals surface area (Å²) in [6.07, 6.45) is 1.05. The maximum absolute atomic E-state index is 12.5. The zero-order valence-electron chi connectivity index (χ0n) is 14.3. The molecule has 0 saturated carbocycles. The Bertz CT molecular complexity index is 722. The minimum atomic E-state index is -0.219. The molecule has 3 rings (SSSR count). The monoisotopic (exact) mass is 325 g/mol. The van der Waals surface area contributed by atoms with Gasteiger partial charge in [-0.3, -0.25) is 4.79 Å². The number of carbonyl (C=O) groups excluding carboxylic acids is 1. The van der Waals surface area contributed by atoms with E-state index in [1.807, 2.05) is 31.2 Å². The molecule has 0 saturated heterocycles. The average molecular weight is 325 g/mol. The van der Waals surface area contributed by atoms with Crippen molar-refractivity contribution in [1.29, 1.82) is 0 Å². The lowest BCUT2D eigenvalue weighted by Crippen LogP contribution is -2.18. The van der Waals surface area contributed by atoms with Crippen LogP contribution in [-0.4, -0.2) is 12.7 Å². The lowest BCUT2D eigenvalue weighted by atomic mass is 9.96. The molecule has 4 nitrogen and oxygen atoms in total. The fourth-order valence-electron chi connectivity index (χ4n) is 2.79. The number of ether oxygens (including phenoxy) is 2. The summed E-state index contributed by atoms with van der Waals surface area (Å²) in [5.74, 6) is 1.75. The largest absolute Gasteiger partial charge is 0.454 e. The van der Waals surface area contributed by atoms with Crippen molar-refractivity contribution in [3.05, 3.63) is 53.6 Å². The van der Waals surface area contributed by atoms with E-state index in [0.29, 0.717) is 23.1 Å². The van der Waals surface area contributed by atoms with E-state index in [4.69, 9.17) is 9.47 Å². The molecule has 0 bridgehead atoms. The van der Waals surface area contributed by atoms with E-state index in [2.05, 4.69) is 31.3 Å². The lowest BCUT2D eigenvalue weighted by molar-refractivity contribution is -0.117. The fourth-order valence-corrected chi connectivity index (χ4v) is 2.79. The molecule has 0 aliphatic carbocycles. The summed E-state index contributed by atoms with van der Waals surface area (Å²) < 4.78 is 10.6. The second kappa shape index (κ2) is 6.95. The number of hydrogen-bond donors (Lipinski definition) is 1. The Morgan fingerprint density at radius 3 is 2.46 bits per heavy atom. The molecule has 1 heterocycles. The summed E-state index contributed by atoms with van der Waals surface area (Å²) in [5, 5.41) is 2.94. The van der Waals surface area contributed by atoms with Crippen molar-refractivity contribution < 1.29 is 14.3 Å². The SMILES string of the molecule is CC(C)Cc1ccc(C(C)C(=O)Nc2ccc3c(c2)OCO3)cc1. The van der Waals surface area contributed by atoms with Crippen molar-refractivity contribution in [2.75, 3.05) is 12.1 Å². The van der Waals surface area contributed by atoms with Crippen molar-refractivity contribution in [3.8, 4) is 11.5 Å². The van der Waals surface area contributed by atoms with E-state index in [1.165, 1.54) is 5.56 Å². The minimum absolute atomic E-state index is 0.0366. The molecule has 0 radical (unpaired) electrons. The van der Waals surface area contributed by atoms with Crippen LogP contribution in [-0.2, 0) is 11.2 Å². The fraction of sp³-hybridized carbons (Fsp3) is 0.350. The molecule has 1 unspecified atom stereocenters. The van der Waals surface area contributed by atoms with Crippen LogP contribution in [0.1, 0.15) is 37.8 Å². The lowest BCUT2D eigenvalue weighted by Gasteiger charge is -2.14. The third-order valence-electron chi connectivity index (χ3n) is 4.16. The zero-order chi connectivity index (χ0) is 17.1. The Morgan fingerprint density at radius 1 is 1.04 bits per heavy atom. The Kier molecular flexibility index (Phi) is 4.74. The van der Waals surface area contributed by atoms with Gasteiger partial charge in [0.2, 0.25) is 12.7 Å². The topological polar surface area (TPSA) is 47.6 Å². The second-order valence-corrected chi connectivity index (χ2v) is 6.62. The van der Waals surface area contributed by atoms with E-state index in [0.717, 1.165) is 12.0 Å². The first-order valence-electron chi connectivity index (χ1n) is 8.32. The maximum atomic E-state index is 12.5. The molecule has 1 aliphatic rings. The molecule has 1 aliphatic heterocycles. The molecule has 2 aromatic rings. The van der Waals surface area contributed by atoms with Gasteiger partial charge in [-0.25, -0.2) is 0 Å². The normalized spacial score (nSPS) is 13.8. The Labute approximate surface area is 142 Å². The van der Waals surface area contributed by atoms with Gasteiger partial charge in [-0.05, 0) is 42.5 Å². The van der Waals surface area contributed by atoms with Crippen molar-refractivity contribution >= 4 is 11.6 Å². The van der Waals surface area contributed by atoms with Crippen LogP contribution in [0.3, 0.4) is 0 Å². The predicted octanol–water partition coefficient (Wildman–Crippen LogP) is 4.36. The van der Waals surface area contributed by atoms with Gasteiger partial charge >= 0.3 is 0 Å². The highest BCUT2D eigenvalue weighted by Gasteiger charge is 2.18. The molecule has 2 aromatic carbocycles. The summed E-state index contributed by atoms with van der Waals surface area (Å²) >= 11 is 0. The van der Waals surface area contributed by atoms with Gasteiger partial charge < -0.3 is 14.8 Å². The third kappa shape index (κ3) is 3.70. The van der Waals surface area contributed by atoms with Gasteiger partial charge in [0.05, 0.1) is 5.92 Å². The van der Waals surface area contributed by atoms with Gasteiger partial charge in [0.1, 0.15) is 0 Å². The first-order chi connectivity index (χ1) is 11.5. The van der Waals surface area contributed by atoms with Gasteiger partial charge in [0, 0.05) is 11.8 Å². The molecule has 0 aromatic heterocycles. The molecule has 24 heavy (non-hydrogen) atoms. The number of benzene rings is 2. The maximum Gasteiger partial charge on any atom is 0.231 e. The smallest absolute Gasteiger partial charge is 0.231 e. The highest BCUT2D eigenvalue weighted by atomic mass is 16.7. The van der Waals surface area contributed by atoms with Gasteiger partial charge in [-0.1, -0.05) is 38.1 Å². The molecule has 1 amide bonds. The molecule has 1 atom stereocenters. The van der Waals surface area contributed by atoms with Crippen LogP contribution in [0.25, 0.3) is 0 Å². The van der Waals surface area contributed by atoms with Crippen molar-refractivity contribution in [1.82, 2.24) is 0 Å². The van der Waals surface area contributed by atoms with Crippen LogP contribution < -0.4 is 14.8 Å². The first kappa shape index (κ1) is 16.4. The Hall–Kier alpha value is -2.49. The number of hydrogen-bond acceptors (Lipinski definition) is 3. The quantitative estimate of drug-likeness (QED) is 0.888. The summed E-state index contributed by atoms with van der Waals surface area (Å²) in [4.78, 5) is 12.5. The molecular formula is C20H23NO3. The Morgan fingerprint density at radius 2 is 1.75 bits per heavy atom. The molecular weight excluding hydrogens is 302 g/mol. The van der Waals surface area contributed by atoms with Crippen LogP contribution in [0.2, 0.25) is 0 Å². The van der Waals surface area contributed by atoms with Crippen LogP contribution >= 0.6 is 0 Å². The number of carbonyl (C=O) groups is 1. The van der Waals surface area contributed by atoms with Crippen LogP contribution in [0.5, 0.6) is 11.5 Å². The number of amides is 1. The van der Waals surface area contributed by atoms with Crippen molar-refractivity contribution in [2.45, 2.75) is 33.1 Å². The van der Waals surface area contributed by atoms with Crippen LogP contribution in [0.15, 0.2) is 42.5 Å². The van der Waals surface area contributed by atoms with Crippen molar-refractivity contribution in [2.24, 2.45) is 5.92 Å². The predicted molar refractivity (Wildman–Crippen MR) is 94.6 cm³/mol. The molecule has 0 spiro atoms. The van der Waals surface area contributed by atoms with Crippen molar-refractivity contribution in [3.63, 3.8) is 0 Å². The summed E-state index contributed by atoms with van der Waals surface area (Å²) in [7, 11) is 0. The second-order valence-electron chi connectivity index (χ2n) is 6.62. The molecule has 126 valence electrons. The van der Waals surface area contributed by atoms with E-state index < -0.39 is 0 Å². The van der Waals surface area contributed by atoms with E-state index in [-0.39, 0.29) is 18.6 Å². The summed E-state index contributed by atoms with van der Waals surface area (Å²) in [6, 6.07) is 13.7. The minimum Gasteiger partial charge on any atom is -0.454 e. The highest BCUT2D eigenvalue weighted by molar-refractivity contribution is 5.95. The number of nitrogens with one attached hydrogen (secondary N) is 1.